The summed E-state index contributed by atoms with van der Waals surface area (Å²) < 4.78 is 5.30. The maximum atomic E-state index is 5.66. The van der Waals surface area contributed by atoms with Crippen LogP contribution in [0.3, 0.4) is 0 Å². The van der Waals surface area contributed by atoms with Gasteiger partial charge in [-0.05, 0) is 30.4 Å². The highest BCUT2D eigenvalue weighted by molar-refractivity contribution is 7.71. The largest absolute Gasteiger partial charge is 0.320 e. The van der Waals surface area contributed by atoms with E-state index >= 15 is 0 Å². The minimum absolute atomic E-state index is 0.905. The van der Waals surface area contributed by atoms with E-state index in [-0.39, 0.29) is 0 Å². The van der Waals surface area contributed by atoms with E-state index in [1.54, 1.807) is 4.90 Å². The number of aromatic amines is 1. The molecular formula is C18H23N5S+2. The Balaban J connectivity index is 1.50. The molecule has 1 fully saturated rings. The molecule has 4 rings (SSSR count). The molecule has 0 unspecified atom stereocenters. The number of benzene rings is 1. The second-order valence-corrected chi connectivity index (χ2v) is 6.77. The third-order valence-corrected chi connectivity index (χ3v) is 5.43. The Labute approximate surface area is 146 Å². The van der Waals surface area contributed by atoms with E-state index in [1.165, 1.54) is 16.9 Å². The number of hydrogen-bond donors (Lipinski definition) is 1. The number of hydrogen-bond acceptors (Lipinski definition) is 2. The fourth-order valence-corrected chi connectivity index (χ4v) is 3.80. The van der Waals surface area contributed by atoms with Gasteiger partial charge in [-0.2, -0.15) is 0 Å². The number of pyridine rings is 1. The lowest BCUT2D eigenvalue weighted by molar-refractivity contribution is -0.923. The van der Waals surface area contributed by atoms with Crippen molar-refractivity contribution in [3.63, 3.8) is 0 Å². The van der Waals surface area contributed by atoms with Gasteiger partial charge in [0.15, 0.2) is 11.4 Å². The van der Waals surface area contributed by atoms with Crippen LogP contribution in [0.15, 0.2) is 48.7 Å². The van der Waals surface area contributed by atoms with Gasteiger partial charge in [0.2, 0.25) is 0 Å². The first-order valence-electron chi connectivity index (χ1n) is 8.43. The average Bonchev–Trinajstić information content (AvgIpc) is 2.88. The third kappa shape index (κ3) is 2.72. The molecular weight excluding hydrogens is 318 g/mol. The summed E-state index contributed by atoms with van der Waals surface area (Å²) in [7, 11) is 2.06. The van der Waals surface area contributed by atoms with Crippen LogP contribution in [0, 0.1) is 4.77 Å². The van der Waals surface area contributed by atoms with Gasteiger partial charge in [0.25, 0.3) is 5.82 Å². The van der Waals surface area contributed by atoms with Gasteiger partial charge in [-0.3, -0.25) is 9.47 Å². The van der Waals surface area contributed by atoms with Crippen molar-refractivity contribution in [2.45, 2.75) is 6.67 Å². The molecule has 1 aliphatic heterocycles. The van der Waals surface area contributed by atoms with Crippen molar-refractivity contribution >= 4 is 29.1 Å². The number of nitrogens with zero attached hydrogens (tertiary/aromatic N) is 3. The zero-order valence-electron chi connectivity index (χ0n) is 13.9. The third-order valence-electron chi connectivity index (χ3n) is 4.94. The number of fused-ring (bicyclic) bond motifs is 1. The van der Waals surface area contributed by atoms with E-state index in [0.29, 0.717) is 0 Å². The normalized spacial score (nSPS) is 16.0. The molecule has 5 nitrogen and oxygen atoms in total. The van der Waals surface area contributed by atoms with E-state index in [0.717, 1.165) is 37.6 Å². The van der Waals surface area contributed by atoms with Crippen LogP contribution in [0.4, 0.5) is 5.82 Å². The van der Waals surface area contributed by atoms with Crippen LogP contribution in [-0.4, -0.2) is 35.3 Å². The Bertz CT molecular complexity index is 891. The zero-order valence-corrected chi connectivity index (χ0v) is 14.7. The Kier molecular flexibility index (Phi) is 4.08. The van der Waals surface area contributed by atoms with Gasteiger partial charge < -0.3 is 9.47 Å². The van der Waals surface area contributed by atoms with E-state index in [9.17, 15) is 0 Å². The summed E-state index contributed by atoms with van der Waals surface area (Å²) in [5.41, 5.74) is 2.44. The summed E-state index contributed by atoms with van der Waals surface area (Å²) in [6, 6.07) is 14.7. The van der Waals surface area contributed by atoms with Crippen molar-refractivity contribution in [1.29, 1.82) is 0 Å². The number of imidazole rings is 1. The number of H-pyrrole nitrogens is 1. The van der Waals surface area contributed by atoms with Gasteiger partial charge >= 0.3 is 0 Å². The summed E-state index contributed by atoms with van der Waals surface area (Å²) in [6.45, 7) is 5.30. The van der Waals surface area contributed by atoms with Crippen molar-refractivity contribution in [2.24, 2.45) is 7.05 Å². The molecule has 1 saturated heterocycles. The predicted molar refractivity (Wildman–Crippen MR) is 97.7 cm³/mol. The number of anilines is 1. The highest BCUT2D eigenvalue weighted by Crippen LogP contribution is 2.15. The molecule has 3 aromatic rings. The number of rotatable bonds is 3. The molecule has 1 aromatic carbocycles. The first-order valence-corrected chi connectivity index (χ1v) is 8.84. The number of quaternary nitrogens is 1. The molecule has 24 heavy (non-hydrogen) atoms. The summed E-state index contributed by atoms with van der Waals surface area (Å²) in [6.07, 6.45) is 1.99. The van der Waals surface area contributed by atoms with Crippen molar-refractivity contribution in [2.75, 3.05) is 31.1 Å². The smallest absolute Gasteiger partial charge is 0.274 e. The molecule has 6 heteroatoms. The summed E-state index contributed by atoms with van der Waals surface area (Å²) in [5.74, 6) is 1.21. The van der Waals surface area contributed by atoms with Gasteiger partial charge in [0.1, 0.15) is 26.2 Å². The van der Waals surface area contributed by atoms with E-state index in [4.69, 9.17) is 12.2 Å². The molecule has 0 bridgehead atoms. The first kappa shape index (κ1) is 15.4. The Hall–Kier alpha value is -2.18. The minimum Gasteiger partial charge on any atom is -0.320 e. The second kappa shape index (κ2) is 6.37. The van der Waals surface area contributed by atoms with Crippen molar-refractivity contribution in [3.8, 4) is 0 Å². The lowest BCUT2D eigenvalue weighted by Crippen LogP contribution is -3.14. The van der Waals surface area contributed by atoms with Crippen LogP contribution in [0.25, 0.3) is 11.0 Å². The molecule has 0 atom stereocenters. The quantitative estimate of drug-likeness (QED) is 0.718. The van der Waals surface area contributed by atoms with E-state index < -0.39 is 0 Å². The number of aromatic nitrogens is 3. The first-order chi connectivity index (χ1) is 11.7. The Morgan fingerprint density at radius 3 is 2.46 bits per heavy atom. The van der Waals surface area contributed by atoms with Crippen molar-refractivity contribution in [1.82, 2.24) is 9.13 Å². The Morgan fingerprint density at radius 2 is 1.75 bits per heavy atom. The van der Waals surface area contributed by atoms with Crippen LogP contribution >= 0.6 is 12.2 Å². The molecule has 2 aromatic heterocycles. The van der Waals surface area contributed by atoms with Gasteiger partial charge in [-0.15, -0.1) is 0 Å². The number of aryl methyl sites for hydroxylation is 1. The fraction of sp³-hybridized carbons (Fsp3) is 0.333. The highest BCUT2D eigenvalue weighted by atomic mass is 32.1. The van der Waals surface area contributed by atoms with Gasteiger partial charge in [-0.25, -0.2) is 4.98 Å². The molecule has 0 amide bonds. The molecule has 0 saturated carbocycles. The second-order valence-electron chi connectivity index (χ2n) is 6.40. The number of nitrogens with one attached hydrogen (secondary N) is 2. The molecule has 0 radical (unpaired) electrons. The lowest BCUT2D eigenvalue weighted by Gasteiger charge is -2.28. The van der Waals surface area contributed by atoms with Crippen LogP contribution in [0.5, 0.6) is 0 Å². The van der Waals surface area contributed by atoms with Crippen LogP contribution < -0.4 is 14.8 Å². The SMILES string of the molecule is Cn1c(=S)n(C[NH+]2CCN(c3cccc[nH+]3)CC2)c2ccccc21. The standard InChI is InChI=1S/C18H21N5S/c1-20-15-6-2-3-7-16(15)23(18(20)24)14-21-10-12-22(13-11-21)17-8-4-5-9-19-17/h2-9H,10-14H2,1H3/p+2. The van der Waals surface area contributed by atoms with Crippen LogP contribution in [0.1, 0.15) is 0 Å². The minimum atomic E-state index is 0.905. The molecule has 0 spiro atoms. The van der Waals surface area contributed by atoms with Gasteiger partial charge in [0.05, 0.1) is 17.2 Å². The topological polar surface area (TPSA) is 31.7 Å². The molecule has 0 aliphatic carbocycles. The maximum Gasteiger partial charge on any atom is 0.274 e. The molecule has 2 N–H and O–H groups in total. The molecule has 124 valence electrons. The molecule has 3 heterocycles. The fourth-order valence-electron chi connectivity index (χ4n) is 3.54. The highest BCUT2D eigenvalue weighted by Gasteiger charge is 2.26. The van der Waals surface area contributed by atoms with Crippen molar-refractivity contribution in [3.05, 3.63) is 53.4 Å². The predicted octanol–water partition coefficient (Wildman–Crippen LogP) is 0.886. The van der Waals surface area contributed by atoms with Gasteiger partial charge in [0, 0.05) is 13.1 Å². The summed E-state index contributed by atoms with van der Waals surface area (Å²) in [5, 5.41) is 0. The zero-order chi connectivity index (χ0) is 16.5. The van der Waals surface area contributed by atoms with E-state index in [1.807, 2.05) is 12.3 Å². The van der Waals surface area contributed by atoms with Crippen molar-refractivity contribution < 1.29 is 9.88 Å². The number of para-hydroxylation sites is 2. The summed E-state index contributed by atoms with van der Waals surface area (Å²) >= 11 is 5.66. The number of piperazine rings is 1. The van der Waals surface area contributed by atoms with E-state index in [2.05, 4.69) is 62.5 Å². The average molecular weight is 341 g/mol. The van der Waals surface area contributed by atoms with Crippen LogP contribution in [-0.2, 0) is 13.7 Å². The van der Waals surface area contributed by atoms with Crippen LogP contribution in [0.2, 0.25) is 0 Å². The molecule has 1 aliphatic rings. The maximum absolute atomic E-state index is 5.66. The monoisotopic (exact) mass is 341 g/mol. The van der Waals surface area contributed by atoms with Gasteiger partial charge in [-0.1, -0.05) is 18.2 Å². The Morgan fingerprint density at radius 1 is 1.04 bits per heavy atom. The lowest BCUT2D eigenvalue weighted by atomic mass is 10.3. The summed E-state index contributed by atoms with van der Waals surface area (Å²) in [4.78, 5) is 7.33.